The zero-order valence-electron chi connectivity index (χ0n) is 6.99. The molecule has 2 N–H and O–H groups in total. The summed E-state index contributed by atoms with van der Waals surface area (Å²) < 4.78 is 0. The molecule has 1 amide bonds. The molecule has 0 spiro atoms. The first-order valence-corrected chi connectivity index (χ1v) is 5.19. The Morgan fingerprint density at radius 3 is 3.31 bits per heavy atom. The fraction of sp³-hybridized carbons (Fsp3) is 0.571. The predicted molar refractivity (Wildman–Crippen MR) is 50.5 cm³/mol. The van der Waals surface area contributed by atoms with Crippen molar-refractivity contribution >= 4 is 23.5 Å². The molecular formula is C7H10N4OS. The largest absolute Gasteiger partial charge is 0.307 e. The van der Waals surface area contributed by atoms with Crippen molar-refractivity contribution < 1.29 is 4.79 Å². The van der Waals surface area contributed by atoms with Crippen molar-refractivity contribution in [1.82, 2.24) is 15.4 Å². The summed E-state index contributed by atoms with van der Waals surface area (Å²) in [7, 11) is 0. The lowest BCUT2D eigenvalue weighted by Crippen LogP contribution is -2.22. The van der Waals surface area contributed by atoms with Gasteiger partial charge in [0.1, 0.15) is 0 Å². The van der Waals surface area contributed by atoms with Gasteiger partial charge in [0.2, 0.25) is 5.91 Å². The molecule has 2 rings (SSSR count). The van der Waals surface area contributed by atoms with Crippen LogP contribution >= 0.6 is 11.8 Å². The molecule has 2 heterocycles. The minimum absolute atomic E-state index is 0.0383. The lowest BCUT2D eigenvalue weighted by molar-refractivity contribution is -0.115. The maximum Gasteiger partial charge on any atom is 0.238 e. The predicted octanol–water partition coefficient (Wildman–Crippen LogP) is 0.639. The summed E-state index contributed by atoms with van der Waals surface area (Å²) in [6, 6.07) is 0. The van der Waals surface area contributed by atoms with Crippen LogP contribution in [0, 0.1) is 0 Å². The van der Waals surface area contributed by atoms with Crippen molar-refractivity contribution in [2.45, 2.75) is 18.1 Å². The second-order valence-electron chi connectivity index (χ2n) is 2.85. The number of amides is 1. The van der Waals surface area contributed by atoms with E-state index in [9.17, 15) is 4.79 Å². The van der Waals surface area contributed by atoms with Crippen LogP contribution in [0.2, 0.25) is 0 Å². The Morgan fingerprint density at radius 1 is 1.77 bits per heavy atom. The molecule has 70 valence electrons. The summed E-state index contributed by atoms with van der Waals surface area (Å²) >= 11 is 1.70. The van der Waals surface area contributed by atoms with Crippen LogP contribution in [0.15, 0.2) is 6.20 Å². The third-order valence-corrected chi connectivity index (χ3v) is 3.26. The van der Waals surface area contributed by atoms with Gasteiger partial charge in [0.05, 0.1) is 11.4 Å². The van der Waals surface area contributed by atoms with Crippen LogP contribution < -0.4 is 5.32 Å². The Hall–Kier alpha value is -1.04. The molecular weight excluding hydrogens is 188 g/mol. The van der Waals surface area contributed by atoms with E-state index >= 15 is 0 Å². The topological polar surface area (TPSA) is 70.7 Å². The number of rotatable bonds is 2. The summed E-state index contributed by atoms with van der Waals surface area (Å²) in [6.07, 6.45) is 3.59. The number of nitrogens with zero attached hydrogens (tertiary/aromatic N) is 2. The fourth-order valence-corrected chi connectivity index (χ4v) is 2.41. The van der Waals surface area contributed by atoms with E-state index in [1.807, 2.05) is 0 Å². The van der Waals surface area contributed by atoms with Gasteiger partial charge in [0.15, 0.2) is 5.82 Å². The number of anilines is 1. The summed E-state index contributed by atoms with van der Waals surface area (Å²) in [5.74, 6) is 1.62. The summed E-state index contributed by atoms with van der Waals surface area (Å²) in [5.41, 5.74) is 0. The number of H-pyrrole nitrogens is 1. The van der Waals surface area contributed by atoms with Gasteiger partial charge in [0.25, 0.3) is 0 Å². The molecule has 1 atom stereocenters. The van der Waals surface area contributed by atoms with Crippen LogP contribution in [0.5, 0.6) is 0 Å². The number of aromatic amines is 1. The first-order chi connectivity index (χ1) is 6.36. The van der Waals surface area contributed by atoms with E-state index in [0.29, 0.717) is 5.82 Å². The zero-order chi connectivity index (χ0) is 9.10. The fourth-order valence-electron chi connectivity index (χ4n) is 1.25. The van der Waals surface area contributed by atoms with E-state index in [1.165, 1.54) is 6.20 Å². The van der Waals surface area contributed by atoms with Crippen LogP contribution in [-0.2, 0) is 4.79 Å². The molecule has 1 aromatic rings. The number of aromatic nitrogens is 3. The SMILES string of the molecule is O=C(Nc1cn[nH]n1)C1CCCS1. The second kappa shape index (κ2) is 3.78. The highest BCUT2D eigenvalue weighted by Gasteiger charge is 2.23. The zero-order valence-corrected chi connectivity index (χ0v) is 7.80. The minimum atomic E-state index is 0.0383. The standard InChI is InChI=1S/C7H10N4OS/c12-7(5-2-1-3-13-5)9-6-4-8-11-10-6/h4-5H,1-3H2,(H2,8,9,10,11,12). The van der Waals surface area contributed by atoms with Gasteiger partial charge in [0, 0.05) is 0 Å². The van der Waals surface area contributed by atoms with Gasteiger partial charge in [-0.15, -0.1) is 16.9 Å². The van der Waals surface area contributed by atoms with Crippen LogP contribution in [0.25, 0.3) is 0 Å². The van der Waals surface area contributed by atoms with Gasteiger partial charge in [-0.3, -0.25) is 4.79 Å². The lowest BCUT2D eigenvalue weighted by Gasteiger charge is -2.06. The van der Waals surface area contributed by atoms with Gasteiger partial charge in [-0.05, 0) is 18.6 Å². The average molecular weight is 198 g/mol. The van der Waals surface area contributed by atoms with E-state index in [0.717, 1.165) is 18.6 Å². The van der Waals surface area contributed by atoms with Crippen molar-refractivity contribution in [1.29, 1.82) is 0 Å². The van der Waals surface area contributed by atoms with Gasteiger partial charge >= 0.3 is 0 Å². The van der Waals surface area contributed by atoms with Gasteiger partial charge < -0.3 is 5.32 Å². The van der Waals surface area contributed by atoms with Crippen molar-refractivity contribution in [2.24, 2.45) is 0 Å². The average Bonchev–Trinajstić information content (AvgIpc) is 2.74. The highest BCUT2D eigenvalue weighted by molar-refractivity contribution is 8.00. The number of carbonyl (C=O) groups is 1. The Kier molecular flexibility index (Phi) is 2.49. The van der Waals surface area contributed by atoms with E-state index in [-0.39, 0.29) is 11.2 Å². The number of nitrogens with one attached hydrogen (secondary N) is 2. The maximum atomic E-state index is 11.5. The number of hydrogen-bond acceptors (Lipinski definition) is 4. The quantitative estimate of drug-likeness (QED) is 0.731. The molecule has 1 unspecified atom stereocenters. The monoisotopic (exact) mass is 198 g/mol. The smallest absolute Gasteiger partial charge is 0.238 e. The summed E-state index contributed by atoms with van der Waals surface area (Å²) in [6.45, 7) is 0. The molecule has 1 aliphatic heterocycles. The Balaban J connectivity index is 1.91. The summed E-state index contributed by atoms with van der Waals surface area (Å²) in [4.78, 5) is 11.5. The van der Waals surface area contributed by atoms with E-state index < -0.39 is 0 Å². The van der Waals surface area contributed by atoms with Crippen LogP contribution in [0.4, 0.5) is 5.82 Å². The van der Waals surface area contributed by atoms with Crippen LogP contribution in [0.3, 0.4) is 0 Å². The Morgan fingerprint density at radius 2 is 2.69 bits per heavy atom. The molecule has 5 nitrogen and oxygen atoms in total. The Bertz CT molecular complexity index is 281. The van der Waals surface area contributed by atoms with Gasteiger partial charge in [-0.1, -0.05) is 0 Å². The highest BCUT2D eigenvalue weighted by atomic mass is 32.2. The second-order valence-corrected chi connectivity index (χ2v) is 4.16. The Labute approximate surface area is 79.7 Å². The molecule has 0 saturated carbocycles. The summed E-state index contributed by atoms with van der Waals surface area (Å²) in [5, 5.41) is 12.6. The van der Waals surface area contributed by atoms with E-state index in [2.05, 4.69) is 20.7 Å². The van der Waals surface area contributed by atoms with Crippen molar-refractivity contribution in [3.8, 4) is 0 Å². The first-order valence-electron chi connectivity index (χ1n) is 4.14. The normalized spacial score (nSPS) is 21.7. The third kappa shape index (κ3) is 2.00. The molecule has 6 heteroatoms. The first kappa shape index (κ1) is 8.55. The van der Waals surface area contributed by atoms with Crippen molar-refractivity contribution in [2.75, 3.05) is 11.1 Å². The maximum absolute atomic E-state index is 11.5. The minimum Gasteiger partial charge on any atom is -0.307 e. The number of hydrogen-bond donors (Lipinski definition) is 2. The molecule has 1 aliphatic rings. The molecule has 0 aromatic carbocycles. The van der Waals surface area contributed by atoms with Gasteiger partial charge in [-0.2, -0.15) is 10.3 Å². The highest BCUT2D eigenvalue weighted by Crippen LogP contribution is 2.26. The molecule has 1 saturated heterocycles. The van der Waals surface area contributed by atoms with E-state index in [1.54, 1.807) is 11.8 Å². The number of thioether (sulfide) groups is 1. The molecule has 13 heavy (non-hydrogen) atoms. The van der Waals surface area contributed by atoms with Gasteiger partial charge in [-0.25, -0.2) is 0 Å². The molecule has 1 fully saturated rings. The molecule has 0 radical (unpaired) electrons. The van der Waals surface area contributed by atoms with Crippen molar-refractivity contribution in [3.63, 3.8) is 0 Å². The molecule has 0 aliphatic carbocycles. The third-order valence-electron chi connectivity index (χ3n) is 1.89. The van der Waals surface area contributed by atoms with Crippen molar-refractivity contribution in [3.05, 3.63) is 6.20 Å². The number of carbonyl (C=O) groups excluding carboxylic acids is 1. The van der Waals surface area contributed by atoms with Crippen LogP contribution in [-0.4, -0.2) is 32.3 Å². The van der Waals surface area contributed by atoms with Crippen LogP contribution in [0.1, 0.15) is 12.8 Å². The molecule has 1 aromatic heterocycles. The molecule has 0 bridgehead atoms. The van der Waals surface area contributed by atoms with E-state index in [4.69, 9.17) is 0 Å². The lowest BCUT2D eigenvalue weighted by atomic mass is 10.2.